The fourth-order valence-corrected chi connectivity index (χ4v) is 1.44. The van der Waals surface area contributed by atoms with E-state index >= 15 is 0 Å². The molecule has 0 fully saturated rings. The standard InChI is InChI=1S/C9H7F2N3OS.ClH/c10-6-1-5(2-7(11)8(6)15)3-14-4-12-13-9(14)16;/h1-2,4,15H,3H2,(H,13,16);1H. The number of thiol groups is 1. The van der Waals surface area contributed by atoms with E-state index in [0.717, 1.165) is 12.1 Å². The highest BCUT2D eigenvalue weighted by Crippen LogP contribution is 2.22. The smallest absolute Gasteiger partial charge is 0.188 e. The Balaban J connectivity index is 0.00000144. The van der Waals surface area contributed by atoms with Crippen molar-refractivity contribution in [3.8, 4) is 5.75 Å². The quantitative estimate of drug-likeness (QED) is 0.827. The molecule has 8 heteroatoms. The van der Waals surface area contributed by atoms with Gasteiger partial charge in [0.2, 0.25) is 0 Å². The van der Waals surface area contributed by atoms with Crippen LogP contribution in [0.15, 0.2) is 23.6 Å². The molecule has 1 heterocycles. The molecule has 0 aliphatic heterocycles. The summed E-state index contributed by atoms with van der Waals surface area (Å²) in [6, 6.07) is 2.09. The number of phenolic OH excluding ortho intramolecular Hbond substituents is 1. The van der Waals surface area contributed by atoms with Gasteiger partial charge in [0.15, 0.2) is 22.5 Å². The van der Waals surface area contributed by atoms with Crippen molar-refractivity contribution in [2.45, 2.75) is 11.7 Å². The third kappa shape index (κ3) is 2.86. The molecule has 1 N–H and O–H groups in total. The summed E-state index contributed by atoms with van der Waals surface area (Å²) in [6.45, 7) is 0.181. The van der Waals surface area contributed by atoms with Gasteiger partial charge < -0.3 is 9.67 Å². The predicted octanol–water partition coefficient (Wildman–Crippen LogP) is 2.02. The number of benzene rings is 1. The summed E-state index contributed by atoms with van der Waals surface area (Å²) >= 11 is 4.00. The maximum absolute atomic E-state index is 13.0. The molecule has 4 nitrogen and oxygen atoms in total. The van der Waals surface area contributed by atoms with Gasteiger partial charge in [-0.05, 0) is 17.7 Å². The van der Waals surface area contributed by atoms with E-state index in [4.69, 9.17) is 5.11 Å². The van der Waals surface area contributed by atoms with E-state index in [1.54, 1.807) is 0 Å². The van der Waals surface area contributed by atoms with Crippen LogP contribution in [0.3, 0.4) is 0 Å². The van der Waals surface area contributed by atoms with E-state index in [1.807, 2.05) is 0 Å². The molecule has 0 aliphatic rings. The molecular formula is C9H8ClF2N3OS. The highest BCUT2D eigenvalue weighted by Gasteiger charge is 2.10. The van der Waals surface area contributed by atoms with Crippen molar-refractivity contribution >= 4 is 25.0 Å². The molecular weight excluding hydrogens is 272 g/mol. The van der Waals surface area contributed by atoms with Gasteiger partial charge in [-0.15, -0.1) is 35.2 Å². The van der Waals surface area contributed by atoms with E-state index in [-0.39, 0.29) is 19.0 Å². The Hall–Kier alpha value is -1.34. The number of nitrogens with zero attached hydrogens (tertiary/aromatic N) is 3. The van der Waals surface area contributed by atoms with Crippen molar-refractivity contribution in [3.63, 3.8) is 0 Å². The maximum Gasteiger partial charge on any atom is 0.188 e. The SMILES string of the molecule is Cl.Oc1c(F)cc(Cn2cnnc2S)cc1F. The highest BCUT2D eigenvalue weighted by molar-refractivity contribution is 7.80. The summed E-state index contributed by atoms with van der Waals surface area (Å²) in [5.41, 5.74) is 0.350. The molecule has 0 unspecified atom stereocenters. The molecule has 17 heavy (non-hydrogen) atoms. The van der Waals surface area contributed by atoms with Gasteiger partial charge in [-0.1, -0.05) is 0 Å². The first-order chi connectivity index (χ1) is 7.58. The Morgan fingerprint density at radius 1 is 1.29 bits per heavy atom. The van der Waals surface area contributed by atoms with Crippen molar-refractivity contribution in [2.75, 3.05) is 0 Å². The van der Waals surface area contributed by atoms with Crippen LogP contribution in [0, 0.1) is 11.6 Å². The van der Waals surface area contributed by atoms with Gasteiger partial charge in [0.25, 0.3) is 0 Å². The molecule has 0 saturated carbocycles. The fraction of sp³-hybridized carbons (Fsp3) is 0.111. The van der Waals surface area contributed by atoms with Crippen LogP contribution in [0.2, 0.25) is 0 Å². The number of rotatable bonds is 2. The van der Waals surface area contributed by atoms with Gasteiger partial charge >= 0.3 is 0 Å². The molecule has 0 amide bonds. The molecule has 0 aliphatic carbocycles. The maximum atomic E-state index is 13.0. The lowest BCUT2D eigenvalue weighted by molar-refractivity contribution is 0.395. The molecule has 1 aromatic heterocycles. The summed E-state index contributed by atoms with van der Waals surface area (Å²) in [7, 11) is 0. The third-order valence-electron chi connectivity index (χ3n) is 2.02. The monoisotopic (exact) mass is 279 g/mol. The van der Waals surface area contributed by atoms with Crippen LogP contribution in [0.4, 0.5) is 8.78 Å². The lowest BCUT2D eigenvalue weighted by Gasteiger charge is -2.05. The Morgan fingerprint density at radius 2 is 1.88 bits per heavy atom. The number of phenols is 1. The van der Waals surface area contributed by atoms with Gasteiger partial charge in [-0.25, -0.2) is 8.78 Å². The normalized spacial score (nSPS) is 10.1. The molecule has 0 radical (unpaired) electrons. The van der Waals surface area contributed by atoms with Crippen molar-refractivity contribution in [1.82, 2.24) is 14.8 Å². The summed E-state index contributed by atoms with van der Waals surface area (Å²) < 4.78 is 27.5. The van der Waals surface area contributed by atoms with Crippen molar-refractivity contribution < 1.29 is 13.9 Å². The van der Waals surface area contributed by atoms with Crippen LogP contribution in [-0.2, 0) is 6.54 Å². The minimum Gasteiger partial charge on any atom is -0.503 e. The zero-order valence-corrected chi connectivity index (χ0v) is 10.1. The highest BCUT2D eigenvalue weighted by atomic mass is 35.5. The number of hydrogen-bond acceptors (Lipinski definition) is 4. The van der Waals surface area contributed by atoms with Crippen LogP contribution in [0.25, 0.3) is 0 Å². The Morgan fingerprint density at radius 3 is 2.35 bits per heavy atom. The van der Waals surface area contributed by atoms with E-state index in [1.165, 1.54) is 10.9 Å². The number of aromatic hydroxyl groups is 1. The molecule has 0 saturated heterocycles. The summed E-state index contributed by atoms with van der Waals surface area (Å²) in [5, 5.41) is 16.5. The third-order valence-corrected chi connectivity index (χ3v) is 2.37. The average Bonchev–Trinajstić information content (AvgIpc) is 2.61. The predicted molar refractivity (Wildman–Crippen MR) is 61.6 cm³/mol. The average molecular weight is 280 g/mol. The Labute approximate surface area is 107 Å². The van der Waals surface area contributed by atoms with Crippen LogP contribution in [-0.4, -0.2) is 19.9 Å². The van der Waals surface area contributed by atoms with Gasteiger partial charge in [0.1, 0.15) is 6.33 Å². The van der Waals surface area contributed by atoms with Crippen LogP contribution in [0.1, 0.15) is 5.56 Å². The lowest BCUT2D eigenvalue weighted by Crippen LogP contribution is -2.00. The second kappa shape index (κ2) is 5.33. The molecule has 1 aromatic carbocycles. The second-order valence-electron chi connectivity index (χ2n) is 3.17. The lowest BCUT2D eigenvalue weighted by atomic mass is 10.2. The molecule has 2 aromatic rings. The van der Waals surface area contributed by atoms with Gasteiger partial charge in [0.05, 0.1) is 6.54 Å². The molecule has 2 rings (SSSR count). The van der Waals surface area contributed by atoms with E-state index < -0.39 is 17.4 Å². The van der Waals surface area contributed by atoms with Crippen molar-refractivity contribution in [3.05, 3.63) is 35.7 Å². The van der Waals surface area contributed by atoms with Gasteiger partial charge in [-0.2, -0.15) is 0 Å². The van der Waals surface area contributed by atoms with Crippen molar-refractivity contribution in [1.29, 1.82) is 0 Å². The Kier molecular flexibility index (Phi) is 4.30. The van der Waals surface area contributed by atoms with Gasteiger partial charge in [0, 0.05) is 0 Å². The van der Waals surface area contributed by atoms with Gasteiger partial charge in [-0.3, -0.25) is 0 Å². The van der Waals surface area contributed by atoms with E-state index in [0.29, 0.717) is 10.7 Å². The topological polar surface area (TPSA) is 50.9 Å². The molecule has 92 valence electrons. The number of hydrogen-bond donors (Lipinski definition) is 2. The second-order valence-corrected chi connectivity index (χ2v) is 3.57. The minimum absolute atomic E-state index is 0. The minimum atomic E-state index is -0.996. The fourth-order valence-electron chi connectivity index (χ4n) is 1.27. The van der Waals surface area contributed by atoms with E-state index in [2.05, 4.69) is 22.8 Å². The largest absolute Gasteiger partial charge is 0.503 e. The summed E-state index contributed by atoms with van der Waals surface area (Å²) in [4.78, 5) is 0. The molecule has 0 atom stereocenters. The van der Waals surface area contributed by atoms with Crippen LogP contribution < -0.4 is 0 Å². The molecule has 0 spiro atoms. The van der Waals surface area contributed by atoms with Crippen molar-refractivity contribution in [2.24, 2.45) is 0 Å². The van der Waals surface area contributed by atoms with E-state index in [9.17, 15) is 8.78 Å². The first kappa shape index (κ1) is 13.7. The number of halogens is 3. The molecule has 0 bridgehead atoms. The number of aromatic nitrogens is 3. The zero-order valence-electron chi connectivity index (χ0n) is 8.34. The zero-order chi connectivity index (χ0) is 11.7. The summed E-state index contributed by atoms with van der Waals surface area (Å²) in [5.74, 6) is -2.97. The Bertz CT molecular complexity index is 512. The first-order valence-corrected chi connectivity index (χ1v) is 4.76. The first-order valence-electron chi connectivity index (χ1n) is 4.31. The van der Waals surface area contributed by atoms with Crippen LogP contribution in [0.5, 0.6) is 5.75 Å². The van der Waals surface area contributed by atoms with Crippen LogP contribution >= 0.6 is 25.0 Å². The summed E-state index contributed by atoms with van der Waals surface area (Å²) in [6.07, 6.45) is 1.39.